The lowest BCUT2D eigenvalue weighted by Crippen LogP contribution is -1.95. The van der Waals surface area contributed by atoms with Crippen molar-refractivity contribution in [2.24, 2.45) is 0 Å². The molecule has 0 N–H and O–H groups in total. The fourth-order valence-corrected chi connectivity index (χ4v) is 2.25. The normalized spacial score (nSPS) is 15.6. The van der Waals surface area contributed by atoms with Crippen LogP contribution >= 0.6 is 11.6 Å². The van der Waals surface area contributed by atoms with E-state index in [1.54, 1.807) is 6.07 Å². The van der Waals surface area contributed by atoms with Crippen LogP contribution in [0.5, 0.6) is 0 Å². The van der Waals surface area contributed by atoms with Crippen LogP contribution in [0.25, 0.3) is 11.0 Å². The number of benzene rings is 1. The molecule has 0 unspecified atom stereocenters. The van der Waals surface area contributed by atoms with Crippen molar-refractivity contribution < 1.29 is 4.79 Å². The van der Waals surface area contributed by atoms with Gasteiger partial charge in [0.1, 0.15) is 0 Å². The largest absolute Gasteiger partial charge is 0.327 e. The highest BCUT2D eigenvalue weighted by atomic mass is 35.5. The van der Waals surface area contributed by atoms with Crippen molar-refractivity contribution in [2.45, 2.75) is 25.8 Å². The quantitative estimate of drug-likeness (QED) is 0.748. The van der Waals surface area contributed by atoms with Crippen LogP contribution < -0.4 is 0 Å². The molecule has 3 rings (SSSR count). The number of Topliss-reactive ketones (excluding diaryl/α,β-unsaturated/α-hetero) is 1. The Morgan fingerprint density at radius 3 is 2.88 bits per heavy atom. The highest BCUT2D eigenvalue weighted by Crippen LogP contribution is 2.37. The van der Waals surface area contributed by atoms with E-state index in [-0.39, 0.29) is 5.78 Å². The summed E-state index contributed by atoms with van der Waals surface area (Å²) in [5, 5.41) is 0.516. The maximum Gasteiger partial charge on any atom is 0.161 e. The monoisotopic (exact) mass is 234 g/mol. The van der Waals surface area contributed by atoms with Crippen molar-refractivity contribution in [1.82, 2.24) is 9.55 Å². The number of hydrogen-bond donors (Lipinski definition) is 0. The topological polar surface area (TPSA) is 34.9 Å². The predicted octanol–water partition coefficient (Wildman–Crippen LogP) is 3.23. The molecule has 0 bridgehead atoms. The van der Waals surface area contributed by atoms with Crippen molar-refractivity contribution in [3.05, 3.63) is 29.0 Å². The van der Waals surface area contributed by atoms with Gasteiger partial charge in [0.2, 0.25) is 0 Å². The first-order valence-electron chi connectivity index (χ1n) is 5.34. The first-order chi connectivity index (χ1) is 7.66. The number of carbonyl (C=O) groups is 1. The van der Waals surface area contributed by atoms with E-state index >= 15 is 0 Å². The Hall–Kier alpha value is -1.35. The summed E-state index contributed by atoms with van der Waals surface area (Å²) in [6.07, 6.45) is 4.25. The van der Waals surface area contributed by atoms with Gasteiger partial charge in [0.15, 0.2) is 5.78 Å². The summed E-state index contributed by atoms with van der Waals surface area (Å²) < 4.78 is 2.14. The number of ketones is 1. The van der Waals surface area contributed by atoms with Gasteiger partial charge in [-0.1, -0.05) is 11.6 Å². The molecule has 1 heterocycles. The van der Waals surface area contributed by atoms with E-state index in [4.69, 9.17) is 11.6 Å². The molecule has 0 amide bonds. The Labute approximate surface area is 98.0 Å². The molecular weight excluding hydrogens is 224 g/mol. The molecule has 1 aliphatic rings. The van der Waals surface area contributed by atoms with Crippen LogP contribution in [0.3, 0.4) is 0 Å². The average molecular weight is 235 g/mol. The van der Waals surface area contributed by atoms with Crippen molar-refractivity contribution >= 4 is 28.4 Å². The van der Waals surface area contributed by atoms with Gasteiger partial charge in [-0.05, 0) is 31.9 Å². The van der Waals surface area contributed by atoms with Gasteiger partial charge in [-0.2, -0.15) is 0 Å². The zero-order valence-electron chi connectivity index (χ0n) is 8.90. The maximum atomic E-state index is 11.3. The van der Waals surface area contributed by atoms with Gasteiger partial charge < -0.3 is 4.57 Å². The molecule has 2 aromatic rings. The predicted molar refractivity (Wildman–Crippen MR) is 63.0 cm³/mol. The Balaban J connectivity index is 2.23. The number of rotatable bonds is 2. The molecule has 0 radical (unpaired) electrons. The standard InChI is InChI=1S/C12H11ClN2O/c1-7(16)9-4-11-12(5-10(9)13)15(6-14-11)8-2-3-8/h4-6,8H,2-3H2,1H3. The summed E-state index contributed by atoms with van der Waals surface area (Å²) in [5.41, 5.74) is 2.43. The molecule has 4 heteroatoms. The average Bonchev–Trinajstić information content (AvgIpc) is 2.99. The maximum absolute atomic E-state index is 11.3. The van der Waals surface area contributed by atoms with Crippen LogP contribution in [0, 0.1) is 0 Å². The van der Waals surface area contributed by atoms with Crippen molar-refractivity contribution in [3.8, 4) is 0 Å². The molecule has 1 saturated carbocycles. The van der Waals surface area contributed by atoms with Crippen LogP contribution in [-0.2, 0) is 0 Å². The Morgan fingerprint density at radius 2 is 2.25 bits per heavy atom. The van der Waals surface area contributed by atoms with Gasteiger partial charge in [-0.3, -0.25) is 4.79 Å². The van der Waals surface area contributed by atoms with E-state index < -0.39 is 0 Å². The van der Waals surface area contributed by atoms with Crippen LogP contribution in [0.2, 0.25) is 5.02 Å². The molecule has 16 heavy (non-hydrogen) atoms. The number of aromatic nitrogens is 2. The number of hydrogen-bond acceptors (Lipinski definition) is 2. The smallest absolute Gasteiger partial charge is 0.161 e. The Morgan fingerprint density at radius 1 is 1.50 bits per heavy atom. The number of imidazole rings is 1. The van der Waals surface area contributed by atoms with Gasteiger partial charge in [0.05, 0.1) is 22.4 Å². The molecule has 1 aliphatic carbocycles. The molecule has 3 nitrogen and oxygen atoms in total. The fourth-order valence-electron chi connectivity index (χ4n) is 1.96. The van der Waals surface area contributed by atoms with Crippen LogP contribution in [0.1, 0.15) is 36.2 Å². The Bertz CT molecular complexity index is 584. The van der Waals surface area contributed by atoms with Gasteiger partial charge in [-0.15, -0.1) is 0 Å². The van der Waals surface area contributed by atoms with E-state index in [2.05, 4.69) is 9.55 Å². The lowest BCUT2D eigenvalue weighted by Gasteiger charge is -2.03. The van der Waals surface area contributed by atoms with E-state index in [1.807, 2.05) is 12.4 Å². The molecule has 1 aromatic carbocycles. The number of carbonyl (C=O) groups excluding carboxylic acids is 1. The van der Waals surface area contributed by atoms with Gasteiger partial charge in [0, 0.05) is 11.6 Å². The summed E-state index contributed by atoms with van der Waals surface area (Å²) in [7, 11) is 0. The van der Waals surface area contributed by atoms with E-state index in [1.165, 1.54) is 19.8 Å². The van der Waals surface area contributed by atoms with E-state index in [0.29, 0.717) is 16.6 Å². The second kappa shape index (κ2) is 3.32. The molecule has 0 aliphatic heterocycles. The molecular formula is C12H11ClN2O. The fraction of sp³-hybridized carbons (Fsp3) is 0.333. The molecule has 0 saturated heterocycles. The number of halogens is 1. The SMILES string of the molecule is CC(=O)c1cc2ncn(C3CC3)c2cc1Cl. The molecule has 0 atom stereocenters. The zero-order chi connectivity index (χ0) is 11.3. The minimum atomic E-state index is -0.0205. The van der Waals surface area contributed by atoms with Crippen LogP contribution in [0.4, 0.5) is 0 Å². The first-order valence-corrected chi connectivity index (χ1v) is 5.71. The third kappa shape index (κ3) is 1.43. The molecule has 1 fully saturated rings. The minimum Gasteiger partial charge on any atom is -0.327 e. The summed E-state index contributed by atoms with van der Waals surface area (Å²) in [6, 6.07) is 4.20. The highest BCUT2D eigenvalue weighted by Gasteiger charge is 2.25. The lowest BCUT2D eigenvalue weighted by molar-refractivity contribution is 0.101. The minimum absolute atomic E-state index is 0.0205. The molecule has 0 spiro atoms. The number of fused-ring (bicyclic) bond motifs is 1. The third-order valence-corrected chi connectivity index (χ3v) is 3.30. The number of nitrogens with zero attached hydrogens (tertiary/aromatic N) is 2. The highest BCUT2D eigenvalue weighted by molar-refractivity contribution is 6.34. The zero-order valence-corrected chi connectivity index (χ0v) is 9.66. The summed E-state index contributed by atoms with van der Waals surface area (Å²) in [6.45, 7) is 1.52. The van der Waals surface area contributed by atoms with Crippen molar-refractivity contribution in [1.29, 1.82) is 0 Å². The van der Waals surface area contributed by atoms with Gasteiger partial charge in [-0.25, -0.2) is 4.98 Å². The van der Waals surface area contributed by atoms with Crippen LogP contribution in [0.15, 0.2) is 18.5 Å². The van der Waals surface area contributed by atoms with E-state index in [0.717, 1.165) is 11.0 Å². The van der Waals surface area contributed by atoms with E-state index in [9.17, 15) is 4.79 Å². The van der Waals surface area contributed by atoms with Gasteiger partial charge in [0.25, 0.3) is 0 Å². The molecule has 1 aromatic heterocycles. The first kappa shape index (κ1) is 9.85. The van der Waals surface area contributed by atoms with Crippen molar-refractivity contribution in [3.63, 3.8) is 0 Å². The second-order valence-electron chi connectivity index (χ2n) is 4.26. The summed E-state index contributed by atoms with van der Waals surface area (Å²) in [5.74, 6) is -0.0205. The molecule has 82 valence electrons. The van der Waals surface area contributed by atoms with Crippen molar-refractivity contribution in [2.75, 3.05) is 0 Å². The second-order valence-corrected chi connectivity index (χ2v) is 4.67. The Kier molecular flexibility index (Phi) is 2.04. The summed E-state index contributed by atoms with van der Waals surface area (Å²) >= 11 is 6.09. The summed E-state index contributed by atoms with van der Waals surface area (Å²) in [4.78, 5) is 15.7. The third-order valence-electron chi connectivity index (χ3n) is 2.98. The lowest BCUT2D eigenvalue weighted by atomic mass is 10.1. The van der Waals surface area contributed by atoms with Gasteiger partial charge >= 0.3 is 0 Å². The van der Waals surface area contributed by atoms with Crippen LogP contribution in [-0.4, -0.2) is 15.3 Å².